The van der Waals surface area contributed by atoms with E-state index < -0.39 is 0 Å². The number of morpholine rings is 1. The molecule has 3 aliphatic rings. The number of benzene rings is 1. The molecule has 1 unspecified atom stereocenters. The first kappa shape index (κ1) is 22.4. The van der Waals surface area contributed by atoms with Gasteiger partial charge in [-0.2, -0.15) is 0 Å². The van der Waals surface area contributed by atoms with Crippen molar-refractivity contribution >= 4 is 29.1 Å². The molecule has 0 aliphatic carbocycles. The van der Waals surface area contributed by atoms with Crippen LogP contribution in [-0.2, 0) is 14.3 Å². The van der Waals surface area contributed by atoms with E-state index in [1.165, 1.54) is 0 Å². The number of nitrogens with zero attached hydrogens (tertiary/aromatic N) is 6. The summed E-state index contributed by atoms with van der Waals surface area (Å²) in [5.74, 6) is 2.08. The highest BCUT2D eigenvalue weighted by molar-refractivity contribution is 6.00. The first-order chi connectivity index (χ1) is 16.6. The van der Waals surface area contributed by atoms with E-state index in [1.54, 1.807) is 12.0 Å². The maximum absolute atomic E-state index is 13.2. The van der Waals surface area contributed by atoms with Gasteiger partial charge in [0.2, 0.25) is 11.8 Å². The molecule has 10 heteroatoms. The zero-order chi connectivity index (χ0) is 23.5. The van der Waals surface area contributed by atoms with Gasteiger partial charge in [0.15, 0.2) is 11.6 Å². The molecule has 0 spiro atoms. The second kappa shape index (κ2) is 9.84. The van der Waals surface area contributed by atoms with Crippen molar-refractivity contribution < 1.29 is 19.1 Å². The highest BCUT2D eigenvalue weighted by atomic mass is 16.5. The van der Waals surface area contributed by atoms with Gasteiger partial charge in [0, 0.05) is 64.0 Å². The fourth-order valence-corrected chi connectivity index (χ4v) is 4.76. The topological polar surface area (TPSA) is 91.3 Å². The Bertz CT molecular complexity index is 1020. The molecule has 34 heavy (non-hydrogen) atoms. The monoisotopic (exact) mass is 466 g/mol. The SMILES string of the molecule is COc1cccc(N2CC(C(=O)N3CCN(c4ccc(N5CCOCC5)nn4)CC3)CC2=O)c1. The van der Waals surface area contributed by atoms with Crippen molar-refractivity contribution in [2.45, 2.75) is 6.42 Å². The Morgan fingerprint density at radius 2 is 1.65 bits per heavy atom. The highest BCUT2D eigenvalue weighted by Crippen LogP contribution is 2.29. The predicted octanol–water partition coefficient (Wildman–Crippen LogP) is 1.02. The summed E-state index contributed by atoms with van der Waals surface area (Å²) in [5, 5.41) is 8.82. The molecule has 180 valence electrons. The molecule has 1 aromatic carbocycles. The van der Waals surface area contributed by atoms with Crippen LogP contribution in [0.1, 0.15) is 6.42 Å². The minimum Gasteiger partial charge on any atom is -0.497 e. The van der Waals surface area contributed by atoms with Crippen molar-refractivity contribution in [2.24, 2.45) is 5.92 Å². The van der Waals surface area contributed by atoms with Crippen LogP contribution in [0.2, 0.25) is 0 Å². The quantitative estimate of drug-likeness (QED) is 0.645. The molecule has 3 aliphatic heterocycles. The lowest BCUT2D eigenvalue weighted by atomic mass is 10.1. The van der Waals surface area contributed by atoms with E-state index in [1.807, 2.05) is 41.3 Å². The Balaban J connectivity index is 1.15. The number of rotatable bonds is 5. The number of carbonyl (C=O) groups is 2. The number of piperazine rings is 1. The number of hydrogen-bond donors (Lipinski definition) is 0. The average Bonchev–Trinajstić information content (AvgIpc) is 3.30. The molecule has 3 saturated heterocycles. The van der Waals surface area contributed by atoms with Crippen LogP contribution >= 0.6 is 0 Å². The molecule has 2 amide bonds. The predicted molar refractivity (Wildman–Crippen MR) is 127 cm³/mol. The van der Waals surface area contributed by atoms with Gasteiger partial charge in [-0.25, -0.2) is 0 Å². The number of methoxy groups -OCH3 is 1. The average molecular weight is 467 g/mol. The lowest BCUT2D eigenvalue weighted by Crippen LogP contribution is -2.51. The standard InChI is InChI=1S/C24H30N6O4/c1-33-20-4-2-3-19(16-20)30-17-18(15-23(30)31)24(32)29-9-7-27(8-10-29)21-5-6-22(26-25-21)28-11-13-34-14-12-28/h2-6,16,18H,7-15,17H2,1H3. The molecule has 5 rings (SSSR count). The Labute approximate surface area is 199 Å². The van der Waals surface area contributed by atoms with Gasteiger partial charge in [-0.1, -0.05) is 6.07 Å². The van der Waals surface area contributed by atoms with Crippen LogP contribution in [0.15, 0.2) is 36.4 Å². The molecule has 4 heterocycles. The molecule has 2 aromatic rings. The lowest BCUT2D eigenvalue weighted by Gasteiger charge is -2.36. The third-order valence-corrected chi connectivity index (χ3v) is 6.73. The summed E-state index contributed by atoms with van der Waals surface area (Å²) < 4.78 is 10.7. The Kier molecular flexibility index (Phi) is 6.48. The summed E-state index contributed by atoms with van der Waals surface area (Å²) in [6, 6.07) is 11.4. The third kappa shape index (κ3) is 4.63. The number of ether oxygens (including phenoxy) is 2. The zero-order valence-corrected chi connectivity index (χ0v) is 19.4. The first-order valence-corrected chi connectivity index (χ1v) is 11.8. The number of hydrogen-bond acceptors (Lipinski definition) is 8. The Morgan fingerprint density at radius 3 is 2.29 bits per heavy atom. The van der Waals surface area contributed by atoms with Gasteiger partial charge < -0.3 is 29.1 Å². The second-order valence-corrected chi connectivity index (χ2v) is 8.77. The molecule has 0 N–H and O–H groups in total. The van der Waals surface area contributed by atoms with Crippen molar-refractivity contribution in [3.63, 3.8) is 0 Å². The fourth-order valence-electron chi connectivity index (χ4n) is 4.76. The molecule has 3 fully saturated rings. The summed E-state index contributed by atoms with van der Waals surface area (Å²) in [5.41, 5.74) is 0.767. The van der Waals surface area contributed by atoms with E-state index in [4.69, 9.17) is 9.47 Å². The van der Waals surface area contributed by atoms with Crippen molar-refractivity contribution in [3.05, 3.63) is 36.4 Å². The first-order valence-electron chi connectivity index (χ1n) is 11.8. The van der Waals surface area contributed by atoms with Gasteiger partial charge >= 0.3 is 0 Å². The van der Waals surface area contributed by atoms with Crippen LogP contribution in [0.5, 0.6) is 5.75 Å². The third-order valence-electron chi connectivity index (χ3n) is 6.73. The van der Waals surface area contributed by atoms with Crippen LogP contribution < -0.4 is 19.4 Å². The van der Waals surface area contributed by atoms with Crippen LogP contribution in [0, 0.1) is 5.92 Å². The molecule has 1 aromatic heterocycles. The van der Waals surface area contributed by atoms with Crippen LogP contribution in [0.3, 0.4) is 0 Å². The minimum atomic E-state index is -0.321. The van der Waals surface area contributed by atoms with Crippen molar-refractivity contribution in [1.29, 1.82) is 0 Å². The Hall–Kier alpha value is -3.40. The van der Waals surface area contributed by atoms with E-state index in [0.29, 0.717) is 51.7 Å². The maximum atomic E-state index is 13.2. The summed E-state index contributed by atoms with van der Waals surface area (Å²) in [7, 11) is 1.60. The van der Waals surface area contributed by atoms with Gasteiger partial charge in [-0.15, -0.1) is 10.2 Å². The summed E-state index contributed by atoms with van der Waals surface area (Å²) in [4.78, 5) is 33.7. The number of carbonyl (C=O) groups excluding carboxylic acids is 2. The molecule has 0 radical (unpaired) electrons. The van der Waals surface area contributed by atoms with Gasteiger partial charge in [0.1, 0.15) is 5.75 Å². The molecule has 1 atom stereocenters. The smallest absolute Gasteiger partial charge is 0.228 e. The number of amides is 2. The number of aromatic nitrogens is 2. The van der Waals surface area contributed by atoms with E-state index in [9.17, 15) is 9.59 Å². The summed E-state index contributed by atoms with van der Waals surface area (Å²) >= 11 is 0. The normalized spacial score (nSPS) is 21.2. The van der Waals surface area contributed by atoms with Crippen LogP contribution in [-0.4, -0.2) is 93.0 Å². The summed E-state index contributed by atoms with van der Waals surface area (Å²) in [6.07, 6.45) is 0.241. The highest BCUT2D eigenvalue weighted by Gasteiger charge is 2.38. The van der Waals surface area contributed by atoms with E-state index in [2.05, 4.69) is 20.0 Å². The molecule has 0 bridgehead atoms. The van der Waals surface area contributed by atoms with Crippen molar-refractivity contribution in [3.8, 4) is 5.75 Å². The largest absolute Gasteiger partial charge is 0.497 e. The van der Waals surface area contributed by atoms with E-state index in [-0.39, 0.29) is 24.2 Å². The maximum Gasteiger partial charge on any atom is 0.228 e. The van der Waals surface area contributed by atoms with Crippen molar-refractivity contribution in [2.75, 3.05) is 80.8 Å². The van der Waals surface area contributed by atoms with Gasteiger partial charge in [0.25, 0.3) is 0 Å². The molecular weight excluding hydrogens is 436 g/mol. The van der Waals surface area contributed by atoms with Gasteiger partial charge in [-0.3, -0.25) is 9.59 Å². The lowest BCUT2D eigenvalue weighted by molar-refractivity contribution is -0.136. The minimum absolute atomic E-state index is 0.0270. The van der Waals surface area contributed by atoms with E-state index >= 15 is 0 Å². The fraction of sp³-hybridized carbons (Fsp3) is 0.500. The van der Waals surface area contributed by atoms with Crippen LogP contribution in [0.4, 0.5) is 17.3 Å². The molecule has 0 saturated carbocycles. The van der Waals surface area contributed by atoms with Gasteiger partial charge in [-0.05, 0) is 24.3 Å². The molecule has 10 nitrogen and oxygen atoms in total. The molecular formula is C24H30N6O4. The number of anilines is 3. The summed E-state index contributed by atoms with van der Waals surface area (Å²) in [6.45, 7) is 6.08. The van der Waals surface area contributed by atoms with Crippen LogP contribution in [0.25, 0.3) is 0 Å². The zero-order valence-electron chi connectivity index (χ0n) is 19.4. The van der Waals surface area contributed by atoms with E-state index in [0.717, 1.165) is 30.4 Å². The van der Waals surface area contributed by atoms with Gasteiger partial charge in [0.05, 0.1) is 26.2 Å². The van der Waals surface area contributed by atoms with Crippen molar-refractivity contribution in [1.82, 2.24) is 15.1 Å². The second-order valence-electron chi connectivity index (χ2n) is 8.77. The Morgan fingerprint density at radius 1 is 0.971 bits per heavy atom.